The molecule has 1 aromatic heterocycles. The topological polar surface area (TPSA) is 88.8 Å². The van der Waals surface area contributed by atoms with Crippen molar-refractivity contribution < 1.29 is 28.2 Å². The van der Waals surface area contributed by atoms with Crippen molar-refractivity contribution in [3.63, 3.8) is 0 Å². The Morgan fingerprint density at radius 2 is 1.70 bits per heavy atom. The number of furan rings is 1. The first-order chi connectivity index (χ1) is 18.9. The summed E-state index contributed by atoms with van der Waals surface area (Å²) in [7, 11) is 0. The van der Waals surface area contributed by atoms with Crippen molar-refractivity contribution >= 4 is 42.5 Å². The molecule has 0 saturated carbocycles. The third kappa shape index (κ3) is 7.89. The SMILES string of the molecule is CSCC[C@H](NC(=O)c1ccc(COCc2ccc(-c3ccccc3F)o2)cc1-c1ccccc1C)C(=O)O.[LiH]. The van der Waals surface area contributed by atoms with Crippen molar-refractivity contribution in [1.82, 2.24) is 5.32 Å². The molecule has 1 amide bonds. The van der Waals surface area contributed by atoms with Gasteiger partial charge in [0.25, 0.3) is 5.91 Å². The van der Waals surface area contributed by atoms with Gasteiger partial charge in [0.05, 0.1) is 12.2 Å². The number of rotatable bonds is 12. The Hall–Kier alpha value is -3.28. The number of aliphatic carboxylic acids is 1. The van der Waals surface area contributed by atoms with Gasteiger partial charge in [0.1, 0.15) is 30.0 Å². The minimum atomic E-state index is -1.06. The number of hydrogen-bond acceptors (Lipinski definition) is 5. The molecule has 0 spiro atoms. The van der Waals surface area contributed by atoms with Crippen LogP contribution in [-0.4, -0.2) is 53.9 Å². The summed E-state index contributed by atoms with van der Waals surface area (Å²) in [6.45, 7) is 2.40. The Kier molecular flexibility index (Phi) is 11.7. The molecule has 0 aliphatic heterocycles. The molecule has 9 heteroatoms. The quantitative estimate of drug-likeness (QED) is 0.207. The average Bonchev–Trinajstić information content (AvgIpc) is 3.40. The molecule has 1 heterocycles. The van der Waals surface area contributed by atoms with Crippen LogP contribution < -0.4 is 5.32 Å². The number of thioether (sulfide) groups is 1. The molecule has 1 atom stereocenters. The molecule has 0 aliphatic carbocycles. The number of amides is 1. The molecule has 0 radical (unpaired) electrons. The van der Waals surface area contributed by atoms with Gasteiger partial charge in [-0.15, -0.1) is 0 Å². The van der Waals surface area contributed by atoms with Crippen molar-refractivity contribution in [3.8, 4) is 22.5 Å². The number of carboxylic acids is 1. The molecule has 0 aliphatic rings. The first-order valence-corrected chi connectivity index (χ1v) is 13.9. The van der Waals surface area contributed by atoms with Crippen LogP contribution in [0.3, 0.4) is 0 Å². The van der Waals surface area contributed by atoms with E-state index < -0.39 is 17.9 Å². The number of nitrogens with one attached hydrogen (secondary N) is 1. The molecular formula is C31H31FLiNO5S. The summed E-state index contributed by atoms with van der Waals surface area (Å²) in [6.07, 6.45) is 2.23. The van der Waals surface area contributed by atoms with Gasteiger partial charge in [-0.25, -0.2) is 9.18 Å². The first kappa shape index (κ1) is 31.2. The zero-order valence-corrected chi connectivity index (χ0v) is 22.6. The molecular weight excluding hydrogens is 524 g/mol. The fourth-order valence-corrected chi connectivity index (χ4v) is 4.71. The van der Waals surface area contributed by atoms with Gasteiger partial charge >= 0.3 is 24.8 Å². The number of carboxylic acid groups (broad SMARTS) is 1. The molecule has 3 aromatic carbocycles. The summed E-state index contributed by atoms with van der Waals surface area (Å²) >= 11 is 1.53. The van der Waals surface area contributed by atoms with Gasteiger partial charge < -0.3 is 19.6 Å². The fourth-order valence-electron chi connectivity index (χ4n) is 4.24. The van der Waals surface area contributed by atoms with E-state index in [1.54, 1.807) is 42.5 Å². The summed E-state index contributed by atoms with van der Waals surface area (Å²) < 4.78 is 25.7. The van der Waals surface area contributed by atoms with Gasteiger partial charge in [-0.3, -0.25) is 4.79 Å². The second kappa shape index (κ2) is 14.9. The summed E-state index contributed by atoms with van der Waals surface area (Å²) in [5.74, 6) is -0.239. The number of carbonyl (C=O) groups excluding carboxylic acids is 1. The summed E-state index contributed by atoms with van der Waals surface area (Å²) in [5.41, 5.74) is 4.17. The number of halogens is 1. The second-order valence-corrected chi connectivity index (χ2v) is 10.1. The maximum absolute atomic E-state index is 14.1. The summed E-state index contributed by atoms with van der Waals surface area (Å²) in [5, 5.41) is 12.3. The molecule has 0 bridgehead atoms. The van der Waals surface area contributed by atoms with E-state index in [2.05, 4.69) is 5.32 Å². The Morgan fingerprint density at radius 1 is 0.975 bits per heavy atom. The van der Waals surface area contributed by atoms with Crippen LogP contribution in [0.15, 0.2) is 83.3 Å². The van der Waals surface area contributed by atoms with Crippen LogP contribution in [-0.2, 0) is 22.7 Å². The first-order valence-electron chi connectivity index (χ1n) is 12.5. The van der Waals surface area contributed by atoms with Gasteiger partial charge in [0.2, 0.25) is 0 Å². The monoisotopic (exact) mass is 555 g/mol. The standard InChI is InChI=1S/C31H30FNO5S.Li.H/c1-20-7-3-4-8-23(20)26-17-21(11-13-24(26)30(34)33-28(31(35)36)15-16-39-2)18-37-19-22-12-14-29(38-22)25-9-5-6-10-27(25)32;;/h3-14,17,28H,15-16,18-19H2,1-2H3,(H,33,34)(H,35,36);;/t28-;;/m0../s1. The van der Waals surface area contributed by atoms with E-state index in [4.69, 9.17) is 9.15 Å². The van der Waals surface area contributed by atoms with Gasteiger partial charge in [0.15, 0.2) is 0 Å². The second-order valence-electron chi connectivity index (χ2n) is 9.08. The molecule has 0 unspecified atom stereocenters. The molecule has 4 aromatic rings. The Bertz CT molecular complexity index is 1460. The van der Waals surface area contributed by atoms with Crippen LogP contribution in [0.2, 0.25) is 0 Å². The zero-order chi connectivity index (χ0) is 27.8. The van der Waals surface area contributed by atoms with Crippen LogP contribution >= 0.6 is 11.8 Å². The third-order valence-electron chi connectivity index (χ3n) is 6.29. The van der Waals surface area contributed by atoms with Gasteiger partial charge in [-0.2, -0.15) is 11.8 Å². The minimum absolute atomic E-state index is 0. The van der Waals surface area contributed by atoms with Gasteiger partial charge in [0, 0.05) is 5.56 Å². The third-order valence-corrected chi connectivity index (χ3v) is 6.94. The van der Waals surface area contributed by atoms with Crippen LogP contribution in [0, 0.1) is 12.7 Å². The van der Waals surface area contributed by atoms with Crippen molar-refractivity contribution in [2.45, 2.75) is 32.6 Å². The molecule has 204 valence electrons. The number of benzene rings is 3. The average molecular weight is 556 g/mol. The summed E-state index contributed by atoms with van der Waals surface area (Å²) in [6, 6.07) is 22.0. The molecule has 6 nitrogen and oxygen atoms in total. The normalized spacial score (nSPS) is 11.5. The summed E-state index contributed by atoms with van der Waals surface area (Å²) in [4.78, 5) is 24.9. The zero-order valence-electron chi connectivity index (χ0n) is 21.8. The number of aryl methyl sites for hydroxylation is 1. The van der Waals surface area contributed by atoms with Crippen molar-refractivity contribution in [1.29, 1.82) is 0 Å². The van der Waals surface area contributed by atoms with Crippen molar-refractivity contribution in [3.05, 3.63) is 107 Å². The molecule has 4 rings (SSSR count). The van der Waals surface area contributed by atoms with E-state index in [-0.39, 0.29) is 37.9 Å². The molecule has 40 heavy (non-hydrogen) atoms. The fraction of sp³-hybridized carbons (Fsp3) is 0.226. The van der Waals surface area contributed by atoms with Crippen LogP contribution in [0.4, 0.5) is 4.39 Å². The van der Waals surface area contributed by atoms with Crippen LogP contribution in [0.1, 0.15) is 33.7 Å². The number of ether oxygens (including phenoxy) is 1. The van der Waals surface area contributed by atoms with Gasteiger partial charge in [-0.1, -0.05) is 42.5 Å². The molecule has 2 N–H and O–H groups in total. The molecule has 0 saturated heterocycles. The van der Waals surface area contributed by atoms with E-state index in [1.807, 2.05) is 43.5 Å². The Balaban J connectivity index is 0.00000441. The van der Waals surface area contributed by atoms with E-state index in [0.29, 0.717) is 40.4 Å². The Labute approximate surface area is 249 Å². The number of hydrogen-bond donors (Lipinski definition) is 2. The van der Waals surface area contributed by atoms with Gasteiger partial charge in [-0.05, 0) is 84.0 Å². The van der Waals surface area contributed by atoms with Crippen molar-refractivity contribution in [2.75, 3.05) is 12.0 Å². The van der Waals surface area contributed by atoms with E-state index in [1.165, 1.54) is 17.8 Å². The van der Waals surface area contributed by atoms with Crippen LogP contribution in [0.5, 0.6) is 0 Å². The van der Waals surface area contributed by atoms with E-state index in [9.17, 15) is 19.1 Å². The van der Waals surface area contributed by atoms with E-state index >= 15 is 0 Å². The molecule has 0 fully saturated rings. The van der Waals surface area contributed by atoms with E-state index in [0.717, 1.165) is 16.7 Å². The number of carbonyl (C=O) groups is 2. The maximum atomic E-state index is 14.1. The van der Waals surface area contributed by atoms with Crippen molar-refractivity contribution in [2.24, 2.45) is 0 Å². The Morgan fingerprint density at radius 3 is 2.40 bits per heavy atom. The predicted molar refractivity (Wildman–Crippen MR) is 158 cm³/mol. The predicted octanol–water partition coefficient (Wildman–Crippen LogP) is 6.07. The van der Waals surface area contributed by atoms with Crippen LogP contribution in [0.25, 0.3) is 22.5 Å².